The molecule has 0 heterocycles. The Hall–Kier alpha value is -1.25. The van der Waals surface area contributed by atoms with E-state index in [1.807, 2.05) is 21.1 Å². The van der Waals surface area contributed by atoms with Gasteiger partial charge in [0.2, 0.25) is 0 Å². The maximum Gasteiger partial charge on any atom is 0.472 e. The number of allylic oxidation sites excluding steroid dienone is 2. The van der Waals surface area contributed by atoms with Crippen LogP contribution < -0.4 is 0 Å². The van der Waals surface area contributed by atoms with Crippen molar-refractivity contribution in [3.8, 4) is 0 Å². The Kier molecular flexibility index (Phi) is 42.1. The van der Waals surface area contributed by atoms with E-state index in [1.54, 1.807) is 0 Å². The molecule has 9 nitrogen and oxygen atoms in total. The zero-order valence-corrected chi connectivity index (χ0v) is 41.1. The Balaban J connectivity index is 4.18. The minimum Gasteiger partial charge on any atom is -0.462 e. The fraction of sp³-hybridized carbons (Fsp3) is 0.920. The number of quaternary nitrogens is 1. The standard InChI is InChI=1S/C50H98NO8P/c1-6-8-10-12-14-16-18-20-22-23-24-25-26-27-28-29-31-32-34-36-38-40-42-49(52)56-46-48(47-58-60(54,55)57-45-44-51(3,4)5)59-50(53)43-41-39-37-35-33-30-21-19-17-15-13-11-9-7-2/h19,21,48H,6-18,20,22-47H2,1-5H3/p+1/b21-19-. The van der Waals surface area contributed by atoms with Gasteiger partial charge in [-0.2, -0.15) is 0 Å². The lowest BCUT2D eigenvalue weighted by Gasteiger charge is -2.24. The van der Waals surface area contributed by atoms with Crippen LogP contribution in [0.4, 0.5) is 0 Å². The molecule has 1 N–H and O–H groups in total. The fourth-order valence-electron chi connectivity index (χ4n) is 7.31. The number of carbonyl (C=O) groups excluding carboxylic acids is 2. The van der Waals surface area contributed by atoms with Gasteiger partial charge in [-0.25, -0.2) is 4.57 Å². The van der Waals surface area contributed by atoms with Crippen molar-refractivity contribution < 1.29 is 42.1 Å². The molecule has 0 aromatic rings. The Morgan fingerprint density at radius 1 is 0.500 bits per heavy atom. The topological polar surface area (TPSA) is 108 Å². The number of unbranched alkanes of at least 4 members (excludes halogenated alkanes) is 31. The molecule has 0 rings (SSSR count). The average Bonchev–Trinajstić information content (AvgIpc) is 3.20. The highest BCUT2D eigenvalue weighted by Crippen LogP contribution is 2.43. The van der Waals surface area contributed by atoms with Crippen LogP contribution in [0.3, 0.4) is 0 Å². The van der Waals surface area contributed by atoms with Gasteiger partial charge in [0.05, 0.1) is 27.7 Å². The molecular weight excluding hydrogens is 774 g/mol. The summed E-state index contributed by atoms with van der Waals surface area (Å²) in [5.41, 5.74) is 0. The quantitative estimate of drug-likeness (QED) is 0.0212. The van der Waals surface area contributed by atoms with Crippen molar-refractivity contribution in [2.45, 2.75) is 251 Å². The molecule has 356 valence electrons. The van der Waals surface area contributed by atoms with Gasteiger partial charge in [0.1, 0.15) is 19.8 Å². The van der Waals surface area contributed by atoms with Crippen molar-refractivity contribution in [2.24, 2.45) is 0 Å². The van der Waals surface area contributed by atoms with Crippen LogP contribution in [0.2, 0.25) is 0 Å². The number of hydrogen-bond donors (Lipinski definition) is 1. The first-order valence-corrected chi connectivity index (χ1v) is 26.9. The SMILES string of the molecule is CCCCCCC/C=C\CCCCCCCC(=O)OC(COC(=O)CCCCCCCCCCCCCCCCCCCCCCCC)COP(=O)(O)OCC[N+](C)(C)C. The summed E-state index contributed by atoms with van der Waals surface area (Å²) in [6, 6.07) is 0. The lowest BCUT2D eigenvalue weighted by molar-refractivity contribution is -0.870. The predicted octanol–water partition coefficient (Wildman–Crippen LogP) is 14.9. The van der Waals surface area contributed by atoms with E-state index >= 15 is 0 Å². The second-order valence-electron chi connectivity index (χ2n) is 18.6. The highest BCUT2D eigenvalue weighted by molar-refractivity contribution is 7.47. The third-order valence-electron chi connectivity index (χ3n) is 11.3. The highest BCUT2D eigenvalue weighted by atomic mass is 31.2. The summed E-state index contributed by atoms with van der Waals surface area (Å²) < 4.78 is 34.4. The Morgan fingerprint density at radius 3 is 1.23 bits per heavy atom. The van der Waals surface area contributed by atoms with E-state index in [0.717, 1.165) is 51.4 Å². The summed E-state index contributed by atoms with van der Waals surface area (Å²) in [5, 5.41) is 0. The number of likely N-dealkylation sites (N-methyl/N-ethyl adjacent to an activating group) is 1. The van der Waals surface area contributed by atoms with Gasteiger partial charge in [-0.3, -0.25) is 18.6 Å². The zero-order chi connectivity index (χ0) is 44.3. The summed E-state index contributed by atoms with van der Waals surface area (Å²) in [5.74, 6) is -0.794. The first-order chi connectivity index (χ1) is 29.0. The minimum absolute atomic E-state index is 0.0334. The summed E-state index contributed by atoms with van der Waals surface area (Å²) in [6.07, 6.45) is 46.9. The summed E-state index contributed by atoms with van der Waals surface area (Å²) >= 11 is 0. The fourth-order valence-corrected chi connectivity index (χ4v) is 8.05. The Morgan fingerprint density at radius 2 is 0.850 bits per heavy atom. The van der Waals surface area contributed by atoms with Crippen LogP contribution in [-0.4, -0.2) is 74.9 Å². The van der Waals surface area contributed by atoms with Gasteiger partial charge in [-0.1, -0.05) is 206 Å². The predicted molar refractivity (Wildman–Crippen MR) is 252 cm³/mol. The molecule has 0 aliphatic carbocycles. The number of carbonyl (C=O) groups is 2. The second kappa shape index (κ2) is 43.0. The van der Waals surface area contributed by atoms with E-state index in [2.05, 4.69) is 26.0 Å². The van der Waals surface area contributed by atoms with Gasteiger partial charge in [-0.05, 0) is 38.5 Å². The number of esters is 2. The molecule has 2 unspecified atom stereocenters. The zero-order valence-electron chi connectivity index (χ0n) is 40.2. The number of hydrogen-bond acceptors (Lipinski definition) is 7. The van der Waals surface area contributed by atoms with Gasteiger partial charge < -0.3 is 18.9 Å². The van der Waals surface area contributed by atoms with E-state index < -0.39 is 26.5 Å². The summed E-state index contributed by atoms with van der Waals surface area (Å²) in [6.45, 7) is 4.45. The second-order valence-corrected chi connectivity index (χ2v) is 20.0. The molecule has 0 spiro atoms. The minimum atomic E-state index is -4.37. The first-order valence-electron chi connectivity index (χ1n) is 25.4. The first kappa shape index (κ1) is 58.8. The van der Waals surface area contributed by atoms with Crippen molar-refractivity contribution in [2.75, 3.05) is 47.5 Å². The highest BCUT2D eigenvalue weighted by Gasteiger charge is 2.27. The average molecular weight is 873 g/mol. The van der Waals surface area contributed by atoms with Crippen LogP contribution in [0, 0.1) is 0 Å². The van der Waals surface area contributed by atoms with Gasteiger partial charge in [0, 0.05) is 12.8 Å². The van der Waals surface area contributed by atoms with E-state index in [4.69, 9.17) is 18.5 Å². The van der Waals surface area contributed by atoms with Crippen LogP contribution in [0.15, 0.2) is 12.2 Å². The van der Waals surface area contributed by atoms with Gasteiger partial charge in [-0.15, -0.1) is 0 Å². The monoisotopic (exact) mass is 873 g/mol. The van der Waals surface area contributed by atoms with Crippen LogP contribution in [0.1, 0.15) is 245 Å². The summed E-state index contributed by atoms with van der Waals surface area (Å²) in [7, 11) is 1.48. The van der Waals surface area contributed by atoms with Crippen molar-refractivity contribution in [3.05, 3.63) is 12.2 Å². The molecule has 0 aliphatic rings. The van der Waals surface area contributed by atoms with E-state index in [9.17, 15) is 19.0 Å². The van der Waals surface area contributed by atoms with Gasteiger partial charge in [0.15, 0.2) is 6.10 Å². The number of rotatable bonds is 47. The molecule has 0 aromatic carbocycles. The molecule has 0 bridgehead atoms. The van der Waals surface area contributed by atoms with Crippen LogP contribution in [0.5, 0.6) is 0 Å². The number of phosphoric acid groups is 1. The molecule has 0 aliphatic heterocycles. The van der Waals surface area contributed by atoms with Crippen molar-refractivity contribution in [3.63, 3.8) is 0 Å². The lowest BCUT2D eigenvalue weighted by Crippen LogP contribution is -2.37. The third kappa shape index (κ3) is 46.3. The molecule has 0 saturated heterocycles. The van der Waals surface area contributed by atoms with Crippen LogP contribution >= 0.6 is 7.82 Å². The van der Waals surface area contributed by atoms with Crippen molar-refractivity contribution >= 4 is 19.8 Å². The molecule has 0 fully saturated rings. The molecule has 60 heavy (non-hydrogen) atoms. The largest absolute Gasteiger partial charge is 0.472 e. The normalized spacial score (nSPS) is 13.5. The Bertz CT molecular complexity index is 1030. The smallest absolute Gasteiger partial charge is 0.462 e. The van der Waals surface area contributed by atoms with E-state index in [0.29, 0.717) is 23.9 Å². The third-order valence-corrected chi connectivity index (χ3v) is 12.3. The Labute approximate surface area is 371 Å². The molecule has 2 atom stereocenters. The van der Waals surface area contributed by atoms with Gasteiger partial charge in [0.25, 0.3) is 0 Å². The van der Waals surface area contributed by atoms with E-state index in [-0.39, 0.29) is 25.6 Å². The number of phosphoric ester groups is 1. The molecule has 0 aromatic heterocycles. The summed E-state index contributed by atoms with van der Waals surface area (Å²) in [4.78, 5) is 35.5. The number of ether oxygens (including phenoxy) is 2. The van der Waals surface area contributed by atoms with E-state index in [1.165, 1.54) is 161 Å². The van der Waals surface area contributed by atoms with Crippen LogP contribution in [-0.2, 0) is 32.7 Å². The molecular formula is C50H99NO8P+. The van der Waals surface area contributed by atoms with Crippen molar-refractivity contribution in [1.82, 2.24) is 0 Å². The molecule has 0 saturated carbocycles. The maximum absolute atomic E-state index is 12.7. The maximum atomic E-state index is 12.7. The van der Waals surface area contributed by atoms with Gasteiger partial charge >= 0.3 is 19.8 Å². The number of nitrogens with zero attached hydrogens (tertiary/aromatic N) is 1. The molecule has 0 amide bonds. The molecule has 10 heteroatoms. The molecule has 0 radical (unpaired) electrons. The lowest BCUT2D eigenvalue weighted by atomic mass is 10.0. The van der Waals surface area contributed by atoms with Crippen molar-refractivity contribution in [1.29, 1.82) is 0 Å². The van der Waals surface area contributed by atoms with Crippen LogP contribution in [0.25, 0.3) is 0 Å².